The van der Waals surface area contributed by atoms with E-state index in [0.29, 0.717) is 0 Å². The van der Waals surface area contributed by atoms with Gasteiger partial charge in [-0.1, -0.05) is 24.3 Å². The minimum atomic E-state index is 0.165. The van der Waals surface area contributed by atoms with Gasteiger partial charge in [-0.05, 0) is 49.9 Å². The van der Waals surface area contributed by atoms with Crippen molar-refractivity contribution in [2.45, 2.75) is 39.2 Å². The molecule has 4 heterocycles. The van der Waals surface area contributed by atoms with Crippen LogP contribution >= 0.6 is 11.5 Å². The van der Waals surface area contributed by atoms with Crippen LogP contribution in [0.15, 0.2) is 47.4 Å². The summed E-state index contributed by atoms with van der Waals surface area (Å²) >= 11 is 1.55. The van der Waals surface area contributed by atoms with Gasteiger partial charge in [0.15, 0.2) is 0 Å². The van der Waals surface area contributed by atoms with Crippen LogP contribution in [0.25, 0.3) is 15.7 Å². The van der Waals surface area contributed by atoms with Crippen molar-refractivity contribution in [2.24, 2.45) is 0 Å². The Morgan fingerprint density at radius 1 is 1.21 bits per heavy atom. The number of benzene rings is 1. The summed E-state index contributed by atoms with van der Waals surface area (Å²) < 4.78 is 7.76. The highest BCUT2D eigenvalue weighted by Gasteiger charge is 2.18. The Morgan fingerprint density at radius 2 is 2.10 bits per heavy atom. The third-order valence-corrected chi connectivity index (χ3v) is 6.72. The Bertz CT molecular complexity index is 1190. The van der Waals surface area contributed by atoms with E-state index in [2.05, 4.69) is 51.9 Å². The molecule has 148 valence electrons. The smallest absolute Gasteiger partial charge is 0.256 e. The normalized spacial score (nSPS) is 16.2. The van der Waals surface area contributed by atoms with Crippen LogP contribution in [0.3, 0.4) is 0 Å². The van der Waals surface area contributed by atoms with Crippen molar-refractivity contribution < 1.29 is 0 Å². The highest BCUT2D eigenvalue weighted by molar-refractivity contribution is 7.13. The summed E-state index contributed by atoms with van der Waals surface area (Å²) in [5.41, 5.74) is 4.16. The Hall–Kier alpha value is -2.73. The fourth-order valence-corrected chi connectivity index (χ4v) is 5.04. The minimum Gasteiger partial charge on any atom is -0.373 e. The third kappa shape index (κ3) is 3.42. The molecule has 0 atom stereocenters. The van der Waals surface area contributed by atoms with E-state index in [9.17, 15) is 4.79 Å². The predicted molar refractivity (Wildman–Crippen MR) is 118 cm³/mol. The molecule has 0 bridgehead atoms. The Balaban J connectivity index is 1.29. The van der Waals surface area contributed by atoms with E-state index < -0.39 is 0 Å². The summed E-state index contributed by atoms with van der Waals surface area (Å²) in [6.45, 7) is 4.43. The van der Waals surface area contributed by atoms with Crippen molar-refractivity contribution in [1.29, 1.82) is 0 Å². The number of fused-ring (bicyclic) bond motifs is 2. The molecule has 2 aliphatic rings. The number of allylic oxidation sites excluding steroid dienone is 2. The lowest BCUT2D eigenvalue weighted by molar-refractivity contribution is 0.413. The van der Waals surface area contributed by atoms with Crippen molar-refractivity contribution in [3.8, 4) is 0 Å². The third-order valence-electron chi connectivity index (χ3n) is 5.89. The van der Waals surface area contributed by atoms with Gasteiger partial charge in [0.05, 0.1) is 10.4 Å². The molecule has 1 aromatic carbocycles. The minimum absolute atomic E-state index is 0.165. The van der Waals surface area contributed by atoms with E-state index in [4.69, 9.17) is 4.98 Å². The first-order chi connectivity index (χ1) is 14.2. The van der Waals surface area contributed by atoms with E-state index in [1.165, 1.54) is 15.7 Å². The maximum atomic E-state index is 12.9. The number of hydrogen-bond acceptors (Lipinski definition) is 5. The van der Waals surface area contributed by atoms with Crippen molar-refractivity contribution in [3.63, 3.8) is 0 Å². The molecule has 0 aliphatic carbocycles. The SMILES string of the molecule is Cc1nc2n(c(=O)c1CCN1C=CC(c3nsc4ccccc34)=CC1)CCCC2. The molecule has 0 fully saturated rings. The molecule has 29 heavy (non-hydrogen) atoms. The molecular formula is C23H24N4OS. The van der Waals surface area contributed by atoms with Crippen LogP contribution in [0.4, 0.5) is 0 Å². The van der Waals surface area contributed by atoms with Crippen LogP contribution in [-0.2, 0) is 19.4 Å². The van der Waals surface area contributed by atoms with Gasteiger partial charge < -0.3 is 4.90 Å². The average molecular weight is 405 g/mol. The number of aryl methyl sites for hydroxylation is 2. The van der Waals surface area contributed by atoms with Gasteiger partial charge in [0.25, 0.3) is 5.56 Å². The van der Waals surface area contributed by atoms with Gasteiger partial charge in [-0.25, -0.2) is 4.98 Å². The lowest BCUT2D eigenvalue weighted by Gasteiger charge is -2.24. The summed E-state index contributed by atoms with van der Waals surface area (Å²) in [5.74, 6) is 0.962. The van der Waals surface area contributed by atoms with Gasteiger partial charge in [-0.15, -0.1) is 0 Å². The van der Waals surface area contributed by atoms with Gasteiger partial charge >= 0.3 is 0 Å². The summed E-state index contributed by atoms with van der Waals surface area (Å²) in [6, 6.07) is 8.36. The average Bonchev–Trinajstić information content (AvgIpc) is 3.18. The van der Waals surface area contributed by atoms with E-state index in [-0.39, 0.29) is 5.56 Å². The van der Waals surface area contributed by atoms with Crippen molar-refractivity contribution in [1.82, 2.24) is 18.8 Å². The fraction of sp³-hybridized carbons (Fsp3) is 0.348. The van der Waals surface area contributed by atoms with Gasteiger partial charge in [-0.2, -0.15) is 4.37 Å². The Morgan fingerprint density at radius 3 is 2.97 bits per heavy atom. The lowest BCUT2D eigenvalue weighted by atomic mass is 10.1. The maximum Gasteiger partial charge on any atom is 0.256 e. The first kappa shape index (κ1) is 18.3. The largest absolute Gasteiger partial charge is 0.373 e. The van der Waals surface area contributed by atoms with Crippen LogP contribution in [0.1, 0.15) is 35.6 Å². The summed E-state index contributed by atoms with van der Waals surface area (Å²) in [6.07, 6.45) is 10.3. The molecule has 0 saturated carbocycles. The molecule has 3 aromatic rings. The monoisotopic (exact) mass is 404 g/mol. The van der Waals surface area contributed by atoms with Gasteiger partial charge in [0, 0.05) is 54.5 Å². The lowest BCUT2D eigenvalue weighted by Crippen LogP contribution is -2.33. The number of nitrogens with zero attached hydrogens (tertiary/aromatic N) is 4. The quantitative estimate of drug-likeness (QED) is 0.661. The zero-order chi connectivity index (χ0) is 19.8. The predicted octanol–water partition coefficient (Wildman–Crippen LogP) is 3.95. The zero-order valence-electron chi connectivity index (χ0n) is 16.6. The topological polar surface area (TPSA) is 51.0 Å². The molecule has 0 spiro atoms. The van der Waals surface area contributed by atoms with Crippen molar-refractivity contribution in [2.75, 3.05) is 13.1 Å². The number of rotatable bonds is 4. The second-order valence-electron chi connectivity index (χ2n) is 7.75. The van der Waals surface area contributed by atoms with Crippen LogP contribution in [0.5, 0.6) is 0 Å². The Kier molecular flexibility index (Phi) is 4.79. The molecule has 5 nitrogen and oxygen atoms in total. The summed E-state index contributed by atoms with van der Waals surface area (Å²) in [4.78, 5) is 19.9. The Labute approximate surface area is 174 Å². The summed E-state index contributed by atoms with van der Waals surface area (Å²) in [5, 5.41) is 1.21. The van der Waals surface area contributed by atoms with Gasteiger partial charge in [-0.3, -0.25) is 9.36 Å². The van der Waals surface area contributed by atoms with Gasteiger partial charge in [0.2, 0.25) is 0 Å². The second-order valence-corrected chi connectivity index (χ2v) is 8.56. The standard InChI is InChI=1S/C23H24N4OS/c1-16-18(23(28)27-12-5-4-8-21(27)24-16)11-15-26-13-9-17(10-14-26)22-19-6-2-3-7-20(19)29-25-22/h2-3,6-7,9-10,13H,4-5,8,11-12,14-15H2,1H3. The van der Waals surface area contributed by atoms with E-state index in [1.54, 1.807) is 11.5 Å². The molecule has 0 radical (unpaired) electrons. The molecule has 0 N–H and O–H groups in total. The highest BCUT2D eigenvalue weighted by atomic mass is 32.1. The molecular weight excluding hydrogens is 380 g/mol. The van der Waals surface area contributed by atoms with Crippen molar-refractivity contribution >= 4 is 27.2 Å². The van der Waals surface area contributed by atoms with Crippen molar-refractivity contribution in [3.05, 3.63) is 75.7 Å². The molecule has 2 aromatic heterocycles. The van der Waals surface area contributed by atoms with Crippen LogP contribution in [0, 0.1) is 6.92 Å². The first-order valence-electron chi connectivity index (χ1n) is 10.3. The number of hydrogen-bond donors (Lipinski definition) is 0. The van der Waals surface area contributed by atoms with Gasteiger partial charge in [0.1, 0.15) is 5.82 Å². The fourth-order valence-electron chi connectivity index (χ4n) is 4.24. The molecule has 2 aliphatic heterocycles. The highest BCUT2D eigenvalue weighted by Crippen LogP contribution is 2.29. The van der Waals surface area contributed by atoms with Crippen LogP contribution in [-0.4, -0.2) is 31.9 Å². The number of aromatic nitrogens is 3. The summed E-state index contributed by atoms with van der Waals surface area (Å²) in [7, 11) is 0. The molecule has 6 heteroatoms. The van der Waals surface area contributed by atoms with E-state index in [0.717, 1.165) is 68.1 Å². The zero-order valence-corrected chi connectivity index (χ0v) is 17.4. The molecule has 0 unspecified atom stereocenters. The molecule has 0 amide bonds. The first-order valence-corrected chi connectivity index (χ1v) is 11.0. The van der Waals surface area contributed by atoms with Crippen LogP contribution in [0.2, 0.25) is 0 Å². The second kappa shape index (κ2) is 7.59. The molecule has 5 rings (SSSR count). The maximum absolute atomic E-state index is 12.9. The molecule has 0 saturated heterocycles. The van der Waals surface area contributed by atoms with E-state index in [1.807, 2.05) is 11.5 Å². The van der Waals surface area contributed by atoms with E-state index >= 15 is 0 Å². The van der Waals surface area contributed by atoms with Crippen LogP contribution < -0.4 is 5.56 Å².